The van der Waals surface area contributed by atoms with Crippen LogP contribution in [-0.4, -0.2) is 29.0 Å². The van der Waals surface area contributed by atoms with E-state index in [-0.39, 0.29) is 29.0 Å². The number of halogens is 1. The Morgan fingerprint density at radius 3 is 2.76 bits per heavy atom. The number of rotatable bonds is 2. The molecular weight excluding hydrogens is 384 g/mol. The van der Waals surface area contributed by atoms with Gasteiger partial charge < -0.3 is 4.74 Å². The molecule has 3 fully saturated rings. The maximum atomic E-state index is 12.8. The van der Waals surface area contributed by atoms with Crippen molar-refractivity contribution in [2.45, 2.75) is 58.0 Å². The maximum absolute atomic E-state index is 12.8. The van der Waals surface area contributed by atoms with Crippen molar-refractivity contribution in [3.05, 3.63) is 11.6 Å². The Labute approximate surface area is 156 Å². The van der Waals surface area contributed by atoms with E-state index < -0.39 is 5.41 Å². The fraction of sp³-hybridized carbons (Fsp3) is 0.750. The molecule has 0 aromatic carbocycles. The summed E-state index contributed by atoms with van der Waals surface area (Å²) in [6.45, 7) is 2.03. The van der Waals surface area contributed by atoms with Crippen molar-refractivity contribution >= 4 is 33.5 Å². The summed E-state index contributed by atoms with van der Waals surface area (Å²) in [5, 5.41) is 0.162. The number of allylic oxidation sites excluding steroid dienone is 1. The number of carbonyl (C=O) groups excluding carboxylic acids is 3. The zero-order chi connectivity index (χ0) is 17.8. The zero-order valence-electron chi connectivity index (χ0n) is 14.6. The van der Waals surface area contributed by atoms with Gasteiger partial charge in [0.05, 0.1) is 5.41 Å². The number of hydrogen-bond acceptors (Lipinski definition) is 4. The molecule has 0 heterocycles. The Kier molecular flexibility index (Phi) is 4.41. The van der Waals surface area contributed by atoms with E-state index in [2.05, 4.69) is 15.9 Å². The van der Waals surface area contributed by atoms with Gasteiger partial charge in [-0.1, -0.05) is 21.5 Å². The molecule has 0 spiro atoms. The molecule has 5 heteroatoms. The topological polar surface area (TPSA) is 60.4 Å². The highest BCUT2D eigenvalue weighted by molar-refractivity contribution is 9.09. The molecule has 4 aliphatic carbocycles. The van der Waals surface area contributed by atoms with E-state index in [0.717, 1.165) is 32.1 Å². The third-order valence-corrected chi connectivity index (χ3v) is 7.92. The summed E-state index contributed by atoms with van der Waals surface area (Å²) < 4.78 is 5.78. The predicted molar refractivity (Wildman–Crippen MR) is 96.2 cm³/mol. The van der Waals surface area contributed by atoms with Gasteiger partial charge in [-0.15, -0.1) is 0 Å². The van der Waals surface area contributed by atoms with Gasteiger partial charge in [0, 0.05) is 12.8 Å². The highest BCUT2D eigenvalue weighted by atomic mass is 79.9. The van der Waals surface area contributed by atoms with E-state index in [9.17, 15) is 14.4 Å². The molecule has 0 aromatic rings. The smallest absolute Gasteiger partial charge is 0.316 e. The number of Topliss-reactive ketones (excluding diaryl/α,β-unsaturated/α-hetero) is 1. The lowest BCUT2D eigenvalue weighted by Crippen LogP contribution is -2.55. The number of alkyl halides is 1. The molecule has 6 atom stereocenters. The van der Waals surface area contributed by atoms with E-state index >= 15 is 0 Å². The molecule has 4 nitrogen and oxygen atoms in total. The fourth-order valence-electron chi connectivity index (χ4n) is 6.29. The van der Waals surface area contributed by atoms with Crippen LogP contribution < -0.4 is 0 Å². The molecule has 0 amide bonds. The highest BCUT2D eigenvalue weighted by Crippen LogP contribution is 2.61. The summed E-state index contributed by atoms with van der Waals surface area (Å²) in [7, 11) is 0. The van der Waals surface area contributed by atoms with Gasteiger partial charge in [0.1, 0.15) is 17.2 Å². The van der Waals surface area contributed by atoms with E-state index in [1.54, 1.807) is 0 Å². The first-order valence-corrected chi connectivity index (χ1v) is 10.6. The Balaban J connectivity index is 1.68. The lowest BCUT2D eigenvalue weighted by molar-refractivity contribution is -0.171. The first-order valence-electron chi connectivity index (χ1n) is 9.47. The van der Waals surface area contributed by atoms with E-state index in [0.29, 0.717) is 36.5 Å². The molecule has 0 saturated heterocycles. The van der Waals surface area contributed by atoms with Gasteiger partial charge in [-0.05, 0) is 68.8 Å². The van der Waals surface area contributed by atoms with Crippen LogP contribution in [0.1, 0.15) is 51.9 Å². The highest BCUT2D eigenvalue weighted by Gasteiger charge is 2.61. The van der Waals surface area contributed by atoms with Gasteiger partial charge in [-0.3, -0.25) is 14.4 Å². The molecule has 0 radical (unpaired) electrons. The van der Waals surface area contributed by atoms with Crippen LogP contribution in [0.3, 0.4) is 0 Å². The molecule has 0 aliphatic heterocycles. The van der Waals surface area contributed by atoms with Crippen molar-refractivity contribution in [3.63, 3.8) is 0 Å². The zero-order valence-corrected chi connectivity index (χ0v) is 16.2. The van der Waals surface area contributed by atoms with Crippen LogP contribution in [0.4, 0.5) is 0 Å². The molecule has 25 heavy (non-hydrogen) atoms. The lowest BCUT2D eigenvalue weighted by atomic mass is 9.51. The molecule has 136 valence electrons. The Morgan fingerprint density at radius 1 is 1.20 bits per heavy atom. The van der Waals surface area contributed by atoms with Crippen LogP contribution in [0, 0.1) is 29.1 Å². The van der Waals surface area contributed by atoms with E-state index in [1.165, 1.54) is 5.57 Å². The molecule has 4 rings (SSSR count). The predicted octanol–water partition coefficient (Wildman–Crippen LogP) is 3.61. The first kappa shape index (κ1) is 17.4. The van der Waals surface area contributed by atoms with E-state index in [1.807, 2.05) is 13.0 Å². The lowest BCUT2D eigenvalue weighted by Gasteiger charge is -2.54. The largest absolute Gasteiger partial charge is 0.461 e. The van der Waals surface area contributed by atoms with Crippen LogP contribution in [0.2, 0.25) is 0 Å². The minimum absolute atomic E-state index is 0.162. The summed E-state index contributed by atoms with van der Waals surface area (Å²) in [6.07, 6.45) is 7.44. The molecule has 6 unspecified atom stereocenters. The van der Waals surface area contributed by atoms with Gasteiger partial charge in [-0.25, -0.2) is 0 Å². The maximum Gasteiger partial charge on any atom is 0.316 e. The van der Waals surface area contributed by atoms with Crippen LogP contribution >= 0.6 is 15.9 Å². The van der Waals surface area contributed by atoms with Crippen molar-refractivity contribution in [2.24, 2.45) is 29.1 Å². The number of ketones is 2. The average molecular weight is 409 g/mol. The molecule has 3 saturated carbocycles. The third kappa shape index (κ3) is 2.65. The summed E-state index contributed by atoms with van der Waals surface area (Å²) in [6, 6.07) is 0. The number of fused-ring (bicyclic) bond motifs is 5. The monoisotopic (exact) mass is 408 g/mol. The molecule has 0 aromatic heterocycles. The van der Waals surface area contributed by atoms with Crippen LogP contribution in [0.15, 0.2) is 11.6 Å². The standard InChI is InChI=1S/C20H25BrO4/c1-20-16(6-7-17(20)23)14-4-2-11-8-12(22)3-5-13(11)15(14)9-18(20)25-19(24)10-21/h8,13-16,18H,2-7,9-10H2,1H3. The summed E-state index contributed by atoms with van der Waals surface area (Å²) >= 11 is 3.17. The Hall–Kier alpha value is -0.970. The van der Waals surface area contributed by atoms with E-state index in [4.69, 9.17) is 4.74 Å². The Bertz CT molecular complexity index is 654. The second-order valence-electron chi connectivity index (χ2n) is 8.40. The number of carbonyl (C=O) groups is 3. The van der Waals surface area contributed by atoms with Crippen LogP contribution in [0.5, 0.6) is 0 Å². The SMILES string of the molecule is CC12C(=O)CCC1C1CCC3=CC(=O)CCC3C1CC2OC(=O)CBr. The normalized spacial score (nSPS) is 43.0. The van der Waals surface area contributed by atoms with Gasteiger partial charge in [0.25, 0.3) is 0 Å². The molecule has 0 bridgehead atoms. The van der Waals surface area contributed by atoms with Gasteiger partial charge in [0.2, 0.25) is 0 Å². The molecule has 4 aliphatic rings. The summed E-state index contributed by atoms with van der Waals surface area (Å²) in [5.74, 6) is 1.93. The average Bonchev–Trinajstić information content (AvgIpc) is 2.91. The van der Waals surface area contributed by atoms with Crippen molar-refractivity contribution < 1.29 is 19.1 Å². The second kappa shape index (κ2) is 6.33. The minimum atomic E-state index is -0.523. The fourth-order valence-corrected chi connectivity index (χ4v) is 6.42. The quantitative estimate of drug-likeness (QED) is 0.517. The number of hydrogen-bond donors (Lipinski definition) is 0. The van der Waals surface area contributed by atoms with Crippen molar-refractivity contribution in [1.29, 1.82) is 0 Å². The number of ether oxygens (including phenoxy) is 1. The second-order valence-corrected chi connectivity index (χ2v) is 8.96. The summed E-state index contributed by atoms with van der Waals surface area (Å²) in [5.41, 5.74) is 0.779. The van der Waals surface area contributed by atoms with Crippen LogP contribution in [-0.2, 0) is 19.1 Å². The molecular formula is C20H25BrO4. The summed E-state index contributed by atoms with van der Waals surface area (Å²) in [4.78, 5) is 36.5. The third-order valence-electron chi connectivity index (χ3n) is 7.47. The van der Waals surface area contributed by atoms with Gasteiger partial charge in [0.15, 0.2) is 5.78 Å². The Morgan fingerprint density at radius 2 is 2.00 bits per heavy atom. The minimum Gasteiger partial charge on any atom is -0.461 e. The van der Waals surface area contributed by atoms with Crippen molar-refractivity contribution in [1.82, 2.24) is 0 Å². The van der Waals surface area contributed by atoms with Crippen LogP contribution in [0.25, 0.3) is 0 Å². The van der Waals surface area contributed by atoms with Gasteiger partial charge >= 0.3 is 5.97 Å². The van der Waals surface area contributed by atoms with Crippen molar-refractivity contribution in [3.8, 4) is 0 Å². The molecule has 0 N–H and O–H groups in total. The van der Waals surface area contributed by atoms with Crippen molar-refractivity contribution in [2.75, 3.05) is 5.33 Å². The van der Waals surface area contributed by atoms with Gasteiger partial charge in [-0.2, -0.15) is 0 Å². The number of esters is 1. The first-order chi connectivity index (χ1) is 11.9.